The first-order chi connectivity index (χ1) is 11.2. The third-order valence-electron chi connectivity index (χ3n) is 4.10. The highest BCUT2D eigenvalue weighted by atomic mass is 32.1. The van der Waals surface area contributed by atoms with E-state index in [0.29, 0.717) is 23.4 Å². The first-order valence-electron chi connectivity index (χ1n) is 7.83. The zero-order valence-corrected chi connectivity index (χ0v) is 14.0. The van der Waals surface area contributed by atoms with Gasteiger partial charge in [0.2, 0.25) is 0 Å². The highest BCUT2D eigenvalue weighted by molar-refractivity contribution is 7.11. The lowest BCUT2D eigenvalue weighted by molar-refractivity contribution is 0.111. The molecule has 0 aliphatic carbocycles. The molecule has 1 aliphatic heterocycles. The Balaban J connectivity index is 1.40. The summed E-state index contributed by atoms with van der Waals surface area (Å²) >= 11 is 1.37. The second-order valence-electron chi connectivity index (χ2n) is 5.76. The molecule has 2 aromatic heterocycles. The van der Waals surface area contributed by atoms with Crippen LogP contribution in [0.5, 0.6) is 5.19 Å². The van der Waals surface area contributed by atoms with E-state index in [9.17, 15) is 4.79 Å². The van der Waals surface area contributed by atoms with Crippen LogP contribution in [0.25, 0.3) is 0 Å². The fourth-order valence-electron chi connectivity index (χ4n) is 2.71. The summed E-state index contributed by atoms with van der Waals surface area (Å²) in [5, 5.41) is 10.7. The van der Waals surface area contributed by atoms with Crippen LogP contribution in [0.3, 0.4) is 0 Å². The Morgan fingerprint density at radius 3 is 2.83 bits per heavy atom. The summed E-state index contributed by atoms with van der Waals surface area (Å²) in [4.78, 5) is 16.9. The second kappa shape index (κ2) is 7.50. The van der Waals surface area contributed by atoms with E-state index in [-0.39, 0.29) is 0 Å². The minimum atomic E-state index is 0.442. The minimum absolute atomic E-state index is 0.442. The van der Waals surface area contributed by atoms with Crippen LogP contribution in [0.2, 0.25) is 0 Å². The molecule has 3 rings (SSSR count). The van der Waals surface area contributed by atoms with Crippen molar-refractivity contribution in [2.75, 3.05) is 24.6 Å². The predicted octanol–water partition coefficient (Wildman–Crippen LogP) is 2.74. The van der Waals surface area contributed by atoms with Crippen molar-refractivity contribution in [3.05, 3.63) is 28.9 Å². The molecule has 1 saturated heterocycles. The summed E-state index contributed by atoms with van der Waals surface area (Å²) < 4.78 is 5.63. The van der Waals surface area contributed by atoms with E-state index in [1.54, 1.807) is 5.38 Å². The van der Waals surface area contributed by atoms with Gasteiger partial charge in [-0.1, -0.05) is 11.3 Å². The predicted molar refractivity (Wildman–Crippen MR) is 89.3 cm³/mol. The number of ether oxygens (including phenoxy) is 1. The SMILES string of the molecule is Cc1ccc(N2CCC(CCOc3nc(C=O)cs3)CC2)nn1. The van der Waals surface area contributed by atoms with Gasteiger partial charge < -0.3 is 9.64 Å². The van der Waals surface area contributed by atoms with Crippen LogP contribution in [-0.2, 0) is 0 Å². The molecule has 0 bridgehead atoms. The van der Waals surface area contributed by atoms with Gasteiger partial charge in [-0.15, -0.1) is 5.10 Å². The number of aromatic nitrogens is 3. The lowest BCUT2D eigenvalue weighted by Gasteiger charge is -2.32. The summed E-state index contributed by atoms with van der Waals surface area (Å²) in [6.07, 6.45) is 4.03. The van der Waals surface area contributed by atoms with Gasteiger partial charge in [0.05, 0.1) is 12.3 Å². The van der Waals surface area contributed by atoms with Crippen molar-refractivity contribution in [3.63, 3.8) is 0 Å². The summed E-state index contributed by atoms with van der Waals surface area (Å²) in [6, 6.07) is 4.04. The Labute approximate surface area is 139 Å². The Morgan fingerprint density at radius 1 is 1.35 bits per heavy atom. The fourth-order valence-corrected chi connectivity index (χ4v) is 3.35. The highest BCUT2D eigenvalue weighted by Crippen LogP contribution is 2.24. The van der Waals surface area contributed by atoms with Gasteiger partial charge in [0, 0.05) is 18.5 Å². The van der Waals surface area contributed by atoms with E-state index in [2.05, 4.69) is 20.1 Å². The van der Waals surface area contributed by atoms with Gasteiger partial charge in [0.15, 0.2) is 12.1 Å². The first-order valence-corrected chi connectivity index (χ1v) is 8.71. The first kappa shape index (κ1) is 15.9. The Morgan fingerprint density at radius 2 is 2.17 bits per heavy atom. The average Bonchev–Trinajstić information content (AvgIpc) is 3.04. The van der Waals surface area contributed by atoms with Gasteiger partial charge in [0.25, 0.3) is 5.19 Å². The number of hydrogen-bond acceptors (Lipinski definition) is 7. The Kier molecular flexibility index (Phi) is 5.17. The number of nitrogens with zero attached hydrogens (tertiary/aromatic N) is 4. The van der Waals surface area contributed by atoms with Gasteiger partial charge in [-0.25, -0.2) is 0 Å². The molecule has 0 amide bonds. The lowest BCUT2D eigenvalue weighted by atomic mass is 9.94. The number of piperidine rings is 1. The average molecular weight is 332 g/mol. The lowest BCUT2D eigenvalue weighted by Crippen LogP contribution is -2.34. The molecule has 23 heavy (non-hydrogen) atoms. The Hall–Kier alpha value is -2.02. The van der Waals surface area contributed by atoms with Crippen molar-refractivity contribution in [1.82, 2.24) is 15.2 Å². The molecular formula is C16H20N4O2S. The summed E-state index contributed by atoms with van der Waals surface area (Å²) in [5.74, 6) is 1.63. The van der Waals surface area contributed by atoms with E-state index in [1.165, 1.54) is 11.3 Å². The molecule has 1 fully saturated rings. The molecule has 122 valence electrons. The van der Waals surface area contributed by atoms with Crippen molar-refractivity contribution in [3.8, 4) is 5.19 Å². The van der Waals surface area contributed by atoms with E-state index in [1.807, 2.05) is 19.1 Å². The molecule has 6 nitrogen and oxygen atoms in total. The Bertz CT molecular complexity index is 636. The summed E-state index contributed by atoms with van der Waals surface area (Å²) in [5.41, 5.74) is 1.39. The maximum atomic E-state index is 10.6. The molecule has 0 atom stereocenters. The maximum absolute atomic E-state index is 10.6. The number of carbonyl (C=O) groups excluding carboxylic acids is 1. The van der Waals surface area contributed by atoms with Crippen molar-refractivity contribution >= 4 is 23.4 Å². The number of hydrogen-bond donors (Lipinski definition) is 0. The smallest absolute Gasteiger partial charge is 0.273 e. The summed E-state index contributed by atoms with van der Waals surface area (Å²) in [6.45, 7) is 4.62. The third kappa shape index (κ3) is 4.25. The van der Waals surface area contributed by atoms with Crippen LogP contribution in [0.15, 0.2) is 17.5 Å². The number of carbonyl (C=O) groups is 1. The van der Waals surface area contributed by atoms with Crippen molar-refractivity contribution in [2.24, 2.45) is 5.92 Å². The number of aryl methyl sites for hydroxylation is 1. The molecule has 3 heterocycles. The zero-order chi connectivity index (χ0) is 16.1. The number of anilines is 1. The number of aldehydes is 1. The molecule has 0 spiro atoms. The van der Waals surface area contributed by atoms with E-state index < -0.39 is 0 Å². The normalized spacial score (nSPS) is 15.6. The minimum Gasteiger partial charge on any atom is -0.470 e. The highest BCUT2D eigenvalue weighted by Gasteiger charge is 2.20. The molecular weight excluding hydrogens is 312 g/mol. The zero-order valence-electron chi connectivity index (χ0n) is 13.1. The molecule has 1 aliphatic rings. The standard InChI is InChI=1S/C16H20N4O2S/c1-12-2-3-15(19-18-12)20-7-4-13(5-8-20)6-9-22-16-17-14(10-21)11-23-16/h2-3,10-11,13H,4-9H2,1H3. The largest absolute Gasteiger partial charge is 0.470 e. The van der Waals surface area contributed by atoms with Crippen LogP contribution in [0.4, 0.5) is 5.82 Å². The van der Waals surface area contributed by atoms with Crippen molar-refractivity contribution in [2.45, 2.75) is 26.2 Å². The van der Waals surface area contributed by atoms with Crippen molar-refractivity contribution in [1.29, 1.82) is 0 Å². The molecule has 2 aromatic rings. The molecule has 0 N–H and O–H groups in total. The van der Waals surface area contributed by atoms with Gasteiger partial charge in [-0.3, -0.25) is 4.79 Å². The second-order valence-corrected chi connectivity index (χ2v) is 6.58. The fraction of sp³-hybridized carbons (Fsp3) is 0.500. The van der Waals surface area contributed by atoms with E-state index >= 15 is 0 Å². The number of rotatable bonds is 6. The monoisotopic (exact) mass is 332 g/mol. The van der Waals surface area contributed by atoms with Gasteiger partial charge in [-0.2, -0.15) is 10.1 Å². The van der Waals surface area contributed by atoms with Crippen LogP contribution < -0.4 is 9.64 Å². The van der Waals surface area contributed by atoms with Crippen LogP contribution >= 0.6 is 11.3 Å². The topological polar surface area (TPSA) is 68.2 Å². The molecule has 7 heteroatoms. The van der Waals surface area contributed by atoms with Crippen LogP contribution in [0.1, 0.15) is 35.4 Å². The van der Waals surface area contributed by atoms with Gasteiger partial charge >= 0.3 is 0 Å². The van der Waals surface area contributed by atoms with Gasteiger partial charge in [-0.05, 0) is 44.2 Å². The van der Waals surface area contributed by atoms with E-state index in [4.69, 9.17) is 4.74 Å². The summed E-state index contributed by atoms with van der Waals surface area (Å²) in [7, 11) is 0. The molecule has 0 unspecified atom stereocenters. The van der Waals surface area contributed by atoms with Gasteiger partial charge in [0.1, 0.15) is 5.69 Å². The molecule has 0 radical (unpaired) electrons. The van der Waals surface area contributed by atoms with Crippen LogP contribution in [0, 0.1) is 12.8 Å². The number of thiazole rings is 1. The molecule has 0 saturated carbocycles. The van der Waals surface area contributed by atoms with Crippen molar-refractivity contribution < 1.29 is 9.53 Å². The quantitative estimate of drug-likeness (QED) is 0.758. The molecule has 0 aromatic carbocycles. The van der Waals surface area contributed by atoms with E-state index in [0.717, 1.165) is 50.1 Å². The maximum Gasteiger partial charge on any atom is 0.273 e. The third-order valence-corrected chi connectivity index (χ3v) is 4.87. The van der Waals surface area contributed by atoms with Crippen LogP contribution in [-0.4, -0.2) is 41.2 Å².